The topological polar surface area (TPSA) is 12.5 Å². The van der Waals surface area contributed by atoms with Gasteiger partial charge in [-0.05, 0) is 39.2 Å². The monoisotopic (exact) mass is 359 g/mol. The van der Waals surface area contributed by atoms with Crippen LogP contribution in [0, 0.1) is 0 Å². The van der Waals surface area contributed by atoms with Crippen molar-refractivity contribution in [2.24, 2.45) is 0 Å². The van der Waals surface area contributed by atoms with Gasteiger partial charge in [-0.25, -0.2) is 0 Å². The summed E-state index contributed by atoms with van der Waals surface area (Å²) in [6.45, 7) is 4.90. The second kappa shape index (κ2) is 21.0. The van der Waals surface area contributed by atoms with Gasteiger partial charge in [-0.3, -0.25) is 4.90 Å². The lowest BCUT2D eigenvalue weighted by molar-refractivity contribution is 0.112. The molecule has 0 atom stereocenters. The Labute approximate surface area is 157 Å². The van der Waals surface area contributed by atoms with Crippen LogP contribution in [0.1, 0.15) is 90.4 Å². The van der Waals surface area contributed by atoms with Crippen molar-refractivity contribution in [3.63, 3.8) is 0 Å². The predicted molar refractivity (Wildman–Crippen MR) is 109 cm³/mol. The molecule has 2 nitrogen and oxygen atoms in total. The number of hydrogen-bond donors (Lipinski definition) is 0. The first-order valence-electron chi connectivity index (χ1n) is 10.3. The zero-order valence-electron chi connectivity index (χ0n) is 16.4. The first-order chi connectivity index (χ1) is 11.8. The molecule has 144 valence electrons. The van der Waals surface area contributed by atoms with Gasteiger partial charge in [0.1, 0.15) is 0 Å². The number of halogens is 1. The van der Waals surface area contributed by atoms with E-state index in [0.717, 1.165) is 19.8 Å². The lowest BCUT2D eigenvalue weighted by Gasteiger charge is -2.12. The molecule has 0 aromatic heterocycles. The predicted octanol–water partition coefficient (Wildman–Crippen LogP) is 6.78. The Morgan fingerprint density at radius 3 is 1.88 bits per heavy atom. The molecule has 0 aliphatic carbocycles. The van der Waals surface area contributed by atoms with Gasteiger partial charge in [0.2, 0.25) is 0 Å². The smallest absolute Gasteiger partial charge is 0.0736 e. The maximum atomic E-state index is 5.70. The van der Waals surface area contributed by atoms with Crippen LogP contribution in [0.5, 0.6) is 0 Å². The summed E-state index contributed by atoms with van der Waals surface area (Å²) in [4.78, 5) is 2.06. The molecule has 0 saturated heterocycles. The highest BCUT2D eigenvalue weighted by molar-refractivity contribution is 6.17. The van der Waals surface area contributed by atoms with E-state index < -0.39 is 0 Å². The summed E-state index contributed by atoms with van der Waals surface area (Å²) in [7, 11) is 2.01. The first-order valence-corrected chi connectivity index (χ1v) is 10.8. The number of likely N-dealkylation sites (N-methyl/N-ethyl adjacent to an activating group) is 1. The molecular formula is C21H42ClNO. The van der Waals surface area contributed by atoms with Gasteiger partial charge < -0.3 is 4.74 Å². The van der Waals surface area contributed by atoms with Gasteiger partial charge in [-0.15, -0.1) is 11.6 Å². The molecule has 0 bridgehead atoms. The van der Waals surface area contributed by atoms with E-state index in [9.17, 15) is 0 Å². The van der Waals surface area contributed by atoms with Crippen LogP contribution in [0.3, 0.4) is 0 Å². The third-order valence-corrected chi connectivity index (χ3v) is 4.78. The molecule has 0 aromatic rings. The van der Waals surface area contributed by atoms with Crippen LogP contribution in [0.2, 0.25) is 0 Å². The number of hydrogen-bond acceptors (Lipinski definition) is 2. The summed E-state index contributed by atoms with van der Waals surface area (Å²) in [6.07, 6.45) is 22.3. The summed E-state index contributed by atoms with van der Waals surface area (Å²) >= 11 is 5.70. The molecule has 0 unspecified atom stereocenters. The lowest BCUT2D eigenvalue weighted by Crippen LogP contribution is -2.21. The molecular weight excluding hydrogens is 318 g/mol. The largest absolute Gasteiger partial charge is 0.380 e. The van der Waals surface area contributed by atoms with E-state index in [4.69, 9.17) is 16.3 Å². The van der Waals surface area contributed by atoms with Gasteiger partial charge in [-0.2, -0.15) is 0 Å². The lowest BCUT2D eigenvalue weighted by atomic mass is 10.1. The summed E-state index contributed by atoms with van der Waals surface area (Å²) in [5.74, 6) is 0. The SMILES string of the molecule is CCCCCCCCC=CCCCCCCCOCCN(C)CCl. The van der Waals surface area contributed by atoms with Crippen LogP contribution in [-0.4, -0.2) is 37.7 Å². The third-order valence-electron chi connectivity index (χ3n) is 4.37. The summed E-state index contributed by atoms with van der Waals surface area (Å²) in [6, 6.07) is 0.580. The Hall–Kier alpha value is -0.0500. The first kappa shape index (κ1) is 23.9. The van der Waals surface area contributed by atoms with Crippen LogP contribution in [0.4, 0.5) is 0 Å². The third kappa shape index (κ3) is 20.0. The van der Waals surface area contributed by atoms with Crippen molar-refractivity contribution in [1.29, 1.82) is 0 Å². The Balaban J connectivity index is 3.08. The van der Waals surface area contributed by atoms with Crippen molar-refractivity contribution >= 4 is 11.6 Å². The minimum absolute atomic E-state index is 0.580. The highest BCUT2D eigenvalue weighted by atomic mass is 35.5. The summed E-state index contributed by atoms with van der Waals surface area (Å²) in [5, 5.41) is 0. The Morgan fingerprint density at radius 1 is 0.750 bits per heavy atom. The van der Waals surface area contributed by atoms with Crippen molar-refractivity contribution < 1.29 is 4.74 Å². The Bertz CT molecular complexity index is 258. The zero-order chi connectivity index (χ0) is 17.7. The van der Waals surface area contributed by atoms with Crippen molar-refractivity contribution in [2.75, 3.05) is 32.8 Å². The number of allylic oxidation sites excluding steroid dienone is 2. The number of unbranched alkanes of at least 4 members (excludes halogenated alkanes) is 11. The highest BCUT2D eigenvalue weighted by Crippen LogP contribution is 2.09. The van der Waals surface area contributed by atoms with Crippen LogP contribution in [0.15, 0.2) is 12.2 Å². The van der Waals surface area contributed by atoms with Gasteiger partial charge in [0, 0.05) is 13.2 Å². The zero-order valence-corrected chi connectivity index (χ0v) is 17.2. The number of rotatable bonds is 19. The Morgan fingerprint density at radius 2 is 1.29 bits per heavy atom. The van der Waals surface area contributed by atoms with E-state index in [1.54, 1.807) is 0 Å². The van der Waals surface area contributed by atoms with Crippen LogP contribution >= 0.6 is 11.6 Å². The van der Waals surface area contributed by atoms with E-state index >= 15 is 0 Å². The van der Waals surface area contributed by atoms with E-state index in [1.807, 2.05) is 7.05 Å². The average molecular weight is 360 g/mol. The van der Waals surface area contributed by atoms with Crippen LogP contribution in [0.25, 0.3) is 0 Å². The fourth-order valence-corrected chi connectivity index (χ4v) is 2.78. The minimum atomic E-state index is 0.580. The molecule has 0 amide bonds. The summed E-state index contributed by atoms with van der Waals surface area (Å²) < 4.78 is 5.61. The fraction of sp³-hybridized carbons (Fsp3) is 0.905. The Kier molecular flexibility index (Phi) is 20.9. The quantitative estimate of drug-likeness (QED) is 0.109. The molecule has 0 spiro atoms. The molecule has 0 radical (unpaired) electrons. The van der Waals surface area contributed by atoms with Crippen LogP contribution < -0.4 is 0 Å². The normalized spacial score (nSPS) is 11.8. The summed E-state index contributed by atoms with van der Waals surface area (Å²) in [5.41, 5.74) is 0. The maximum absolute atomic E-state index is 5.70. The van der Waals surface area contributed by atoms with Gasteiger partial charge in [-0.1, -0.05) is 70.4 Å². The van der Waals surface area contributed by atoms with E-state index in [0.29, 0.717) is 6.00 Å². The molecule has 0 aliphatic rings. The van der Waals surface area contributed by atoms with Crippen molar-refractivity contribution in [2.45, 2.75) is 90.4 Å². The number of ether oxygens (including phenoxy) is 1. The number of alkyl halides is 1. The van der Waals surface area contributed by atoms with Gasteiger partial charge in [0.05, 0.1) is 12.6 Å². The molecule has 0 fully saturated rings. The van der Waals surface area contributed by atoms with E-state index in [-0.39, 0.29) is 0 Å². The second-order valence-electron chi connectivity index (χ2n) is 6.90. The molecule has 3 heteroatoms. The molecule has 0 N–H and O–H groups in total. The second-order valence-corrected chi connectivity index (χ2v) is 7.13. The van der Waals surface area contributed by atoms with Crippen molar-refractivity contribution in [3.8, 4) is 0 Å². The molecule has 0 rings (SSSR count). The molecule has 0 heterocycles. The molecule has 0 saturated carbocycles. The number of nitrogens with zero attached hydrogens (tertiary/aromatic N) is 1. The average Bonchev–Trinajstić information content (AvgIpc) is 2.60. The highest BCUT2D eigenvalue weighted by Gasteiger charge is 1.95. The fourth-order valence-electron chi connectivity index (χ4n) is 2.66. The van der Waals surface area contributed by atoms with Crippen molar-refractivity contribution in [3.05, 3.63) is 12.2 Å². The van der Waals surface area contributed by atoms with Crippen molar-refractivity contribution in [1.82, 2.24) is 4.90 Å². The van der Waals surface area contributed by atoms with E-state index in [2.05, 4.69) is 24.0 Å². The van der Waals surface area contributed by atoms with Crippen LogP contribution in [-0.2, 0) is 4.74 Å². The van der Waals surface area contributed by atoms with Gasteiger partial charge in [0.15, 0.2) is 0 Å². The molecule has 24 heavy (non-hydrogen) atoms. The van der Waals surface area contributed by atoms with E-state index in [1.165, 1.54) is 83.5 Å². The van der Waals surface area contributed by atoms with Gasteiger partial charge >= 0.3 is 0 Å². The standard InChI is InChI=1S/C21H42ClNO/c1-3-4-5-6-7-8-9-10-11-12-13-14-15-16-17-19-24-20-18-23(2)21-22/h10-11H,3-9,12-21H2,1-2H3. The molecule has 0 aromatic carbocycles. The minimum Gasteiger partial charge on any atom is -0.380 e. The molecule has 0 aliphatic heterocycles. The van der Waals surface area contributed by atoms with Gasteiger partial charge in [0.25, 0.3) is 0 Å². The maximum Gasteiger partial charge on any atom is 0.0736 e.